The molecule has 0 bridgehead atoms. The molecule has 3 aromatic rings. The number of furan rings is 1. The Bertz CT molecular complexity index is 1030. The summed E-state index contributed by atoms with van der Waals surface area (Å²) in [5, 5.41) is 11.4. The Labute approximate surface area is 190 Å². The number of carbonyl (C=O) groups excluding carboxylic acids is 1. The van der Waals surface area contributed by atoms with Gasteiger partial charge in [-0.1, -0.05) is 25.2 Å². The van der Waals surface area contributed by atoms with Gasteiger partial charge in [0.05, 0.1) is 22.9 Å². The number of rotatable bonds is 10. The molecule has 3 rings (SSSR count). The molecular formula is C20H25ClN4O5S. The number of hydrogen-bond donors (Lipinski definition) is 0. The first kappa shape index (κ1) is 24.6. The van der Waals surface area contributed by atoms with Gasteiger partial charge in [-0.25, -0.2) is 4.98 Å². The molecule has 0 aliphatic carbocycles. The highest BCUT2D eigenvalue weighted by atomic mass is 35.5. The van der Waals surface area contributed by atoms with E-state index in [-0.39, 0.29) is 18.2 Å². The Hall–Kier alpha value is -2.69. The van der Waals surface area contributed by atoms with Crippen LogP contribution in [0.2, 0.25) is 0 Å². The Morgan fingerprint density at radius 2 is 1.94 bits per heavy atom. The van der Waals surface area contributed by atoms with Crippen LogP contribution in [0.25, 0.3) is 10.2 Å². The van der Waals surface area contributed by atoms with Crippen molar-refractivity contribution in [3.8, 4) is 5.75 Å². The summed E-state index contributed by atoms with van der Waals surface area (Å²) in [7, 11) is 0. The zero-order chi connectivity index (χ0) is 21.7. The molecule has 168 valence electrons. The lowest BCUT2D eigenvalue weighted by atomic mass is 10.3. The number of nitrogens with zero attached hydrogens (tertiary/aromatic N) is 4. The van der Waals surface area contributed by atoms with Gasteiger partial charge in [0.25, 0.3) is 5.91 Å². The van der Waals surface area contributed by atoms with Gasteiger partial charge in [0, 0.05) is 13.1 Å². The van der Waals surface area contributed by atoms with E-state index >= 15 is 0 Å². The molecule has 0 aliphatic heterocycles. The number of fused-ring (bicyclic) bond motifs is 1. The SMILES string of the molecule is CCOc1ccc2nc(N(CCN(CC)CC)C(=O)c3ccc([N+](=O)[O-])o3)sc2c1.Cl. The van der Waals surface area contributed by atoms with E-state index < -0.39 is 16.7 Å². The molecule has 9 nitrogen and oxygen atoms in total. The highest BCUT2D eigenvalue weighted by Crippen LogP contribution is 2.32. The number of likely N-dealkylation sites (N-methyl/N-ethyl adjacent to an activating group) is 1. The number of anilines is 1. The summed E-state index contributed by atoms with van der Waals surface area (Å²) in [5.41, 5.74) is 0.754. The average molecular weight is 469 g/mol. The van der Waals surface area contributed by atoms with E-state index in [1.807, 2.05) is 25.1 Å². The van der Waals surface area contributed by atoms with Crippen molar-refractivity contribution >= 4 is 50.9 Å². The number of amides is 1. The second kappa shape index (κ2) is 11.1. The van der Waals surface area contributed by atoms with Crippen LogP contribution < -0.4 is 9.64 Å². The summed E-state index contributed by atoms with van der Waals surface area (Å²) in [5.74, 6) is -0.273. The molecule has 1 aromatic carbocycles. The lowest BCUT2D eigenvalue weighted by Gasteiger charge is -2.23. The van der Waals surface area contributed by atoms with Crippen LogP contribution in [-0.2, 0) is 0 Å². The van der Waals surface area contributed by atoms with Crippen molar-refractivity contribution in [2.75, 3.05) is 37.7 Å². The predicted molar refractivity (Wildman–Crippen MR) is 123 cm³/mol. The van der Waals surface area contributed by atoms with Crippen molar-refractivity contribution in [3.63, 3.8) is 0 Å². The molecule has 2 aromatic heterocycles. The number of aromatic nitrogens is 1. The number of hydrogen-bond acceptors (Lipinski definition) is 8. The maximum absolute atomic E-state index is 13.1. The first-order chi connectivity index (χ1) is 14.5. The summed E-state index contributed by atoms with van der Waals surface area (Å²) in [6.07, 6.45) is 0. The third-order valence-corrected chi connectivity index (χ3v) is 5.69. The van der Waals surface area contributed by atoms with Crippen molar-refractivity contribution in [1.82, 2.24) is 9.88 Å². The summed E-state index contributed by atoms with van der Waals surface area (Å²) in [6, 6.07) is 8.09. The minimum absolute atomic E-state index is 0. The Morgan fingerprint density at radius 3 is 2.55 bits per heavy atom. The maximum atomic E-state index is 13.1. The largest absolute Gasteiger partial charge is 0.494 e. The van der Waals surface area contributed by atoms with Crippen LogP contribution in [0.1, 0.15) is 31.3 Å². The van der Waals surface area contributed by atoms with Gasteiger partial charge in [-0.15, -0.1) is 12.4 Å². The number of carbonyl (C=O) groups is 1. The first-order valence-electron chi connectivity index (χ1n) is 9.78. The standard InChI is InChI=1S/C20H24N4O5S.ClH/c1-4-22(5-2)11-12-23(19(25)16-9-10-18(29-16)24(26)27)20-21-15-8-7-14(28-6-3)13-17(15)30-20;/h7-10,13H,4-6,11-12H2,1-3H3;1H. The molecule has 0 N–H and O–H groups in total. The van der Waals surface area contributed by atoms with Crippen molar-refractivity contribution in [2.45, 2.75) is 20.8 Å². The van der Waals surface area contributed by atoms with Gasteiger partial charge in [0.1, 0.15) is 10.7 Å². The van der Waals surface area contributed by atoms with Crippen molar-refractivity contribution < 1.29 is 18.9 Å². The minimum atomic E-state index is -0.663. The Balaban J connectivity index is 0.00000341. The van der Waals surface area contributed by atoms with E-state index in [2.05, 4.69) is 23.7 Å². The van der Waals surface area contributed by atoms with Gasteiger partial charge in [-0.2, -0.15) is 0 Å². The van der Waals surface area contributed by atoms with Crippen molar-refractivity contribution in [1.29, 1.82) is 0 Å². The van der Waals surface area contributed by atoms with Gasteiger partial charge in [0.2, 0.25) is 0 Å². The molecule has 0 aliphatic rings. The number of benzene rings is 1. The van der Waals surface area contributed by atoms with Crippen LogP contribution >= 0.6 is 23.7 Å². The number of halogens is 1. The van der Waals surface area contributed by atoms with Crippen molar-refractivity contribution in [3.05, 3.63) is 46.2 Å². The molecule has 0 radical (unpaired) electrons. The molecule has 0 atom stereocenters. The topological polar surface area (TPSA) is 102 Å². The molecular weight excluding hydrogens is 444 g/mol. The molecule has 1 amide bonds. The molecule has 0 unspecified atom stereocenters. The van der Waals surface area contributed by atoms with Gasteiger partial charge in [0.15, 0.2) is 10.9 Å². The summed E-state index contributed by atoms with van der Waals surface area (Å²) >= 11 is 1.37. The minimum Gasteiger partial charge on any atom is -0.494 e. The van der Waals surface area contributed by atoms with Gasteiger partial charge in [-0.05, 0) is 44.3 Å². The highest BCUT2D eigenvalue weighted by molar-refractivity contribution is 7.22. The molecule has 2 heterocycles. The van der Waals surface area contributed by atoms with Gasteiger partial charge < -0.3 is 14.1 Å². The van der Waals surface area contributed by atoms with E-state index in [1.54, 1.807) is 0 Å². The third kappa shape index (κ3) is 5.72. The van der Waals surface area contributed by atoms with Crippen LogP contribution in [0.15, 0.2) is 34.7 Å². The van der Waals surface area contributed by atoms with E-state index in [1.165, 1.54) is 28.4 Å². The fourth-order valence-electron chi connectivity index (χ4n) is 3.00. The zero-order valence-electron chi connectivity index (χ0n) is 17.6. The quantitative estimate of drug-likeness (QED) is 0.316. The highest BCUT2D eigenvalue weighted by Gasteiger charge is 2.26. The number of thiazole rings is 1. The molecule has 11 heteroatoms. The monoisotopic (exact) mass is 468 g/mol. The molecule has 0 fully saturated rings. The molecule has 0 saturated carbocycles. The number of ether oxygens (including phenoxy) is 1. The van der Waals surface area contributed by atoms with E-state index in [0.717, 1.165) is 29.1 Å². The predicted octanol–water partition coefficient (Wildman–Crippen LogP) is 4.61. The lowest BCUT2D eigenvalue weighted by Crippen LogP contribution is -2.38. The fourth-order valence-corrected chi connectivity index (χ4v) is 4.02. The van der Waals surface area contributed by atoms with E-state index in [0.29, 0.717) is 24.8 Å². The molecule has 31 heavy (non-hydrogen) atoms. The second-order valence-electron chi connectivity index (χ2n) is 6.44. The maximum Gasteiger partial charge on any atom is 0.433 e. The number of nitro groups is 1. The Kier molecular flexibility index (Phi) is 8.78. The van der Waals surface area contributed by atoms with Gasteiger partial charge >= 0.3 is 5.88 Å². The Morgan fingerprint density at radius 1 is 1.19 bits per heavy atom. The summed E-state index contributed by atoms with van der Waals surface area (Å²) in [6.45, 7) is 9.30. The first-order valence-corrected chi connectivity index (χ1v) is 10.6. The molecule has 0 saturated heterocycles. The van der Waals surface area contributed by atoms with E-state index in [4.69, 9.17) is 9.15 Å². The second-order valence-corrected chi connectivity index (χ2v) is 7.45. The van der Waals surface area contributed by atoms with Gasteiger partial charge in [-0.3, -0.25) is 19.8 Å². The third-order valence-electron chi connectivity index (χ3n) is 4.65. The lowest BCUT2D eigenvalue weighted by molar-refractivity contribution is -0.402. The summed E-state index contributed by atoms with van der Waals surface area (Å²) < 4.78 is 11.6. The van der Waals surface area contributed by atoms with Crippen LogP contribution in [0.4, 0.5) is 11.0 Å². The fraction of sp³-hybridized carbons (Fsp3) is 0.400. The van der Waals surface area contributed by atoms with E-state index in [9.17, 15) is 14.9 Å². The molecule has 0 spiro atoms. The smallest absolute Gasteiger partial charge is 0.433 e. The van der Waals surface area contributed by atoms with Crippen LogP contribution in [0.5, 0.6) is 5.75 Å². The van der Waals surface area contributed by atoms with Crippen LogP contribution in [0, 0.1) is 10.1 Å². The summed E-state index contributed by atoms with van der Waals surface area (Å²) in [4.78, 5) is 31.7. The van der Waals surface area contributed by atoms with Crippen molar-refractivity contribution in [2.24, 2.45) is 0 Å². The van der Waals surface area contributed by atoms with Crippen LogP contribution in [-0.4, -0.2) is 53.5 Å². The normalized spacial score (nSPS) is 10.8. The average Bonchev–Trinajstić information content (AvgIpc) is 3.38. The zero-order valence-corrected chi connectivity index (χ0v) is 19.2. The van der Waals surface area contributed by atoms with Crippen LogP contribution in [0.3, 0.4) is 0 Å².